The standard InChI is InChI=1S/C12H23N3O2S/c1-4-18(16,17)9-5-8-15-11(3)12(6-7-13)10(2)14-15/h4-9,13H2,1-3H3. The lowest BCUT2D eigenvalue weighted by atomic mass is 10.1. The predicted molar refractivity (Wildman–Crippen MR) is 73.4 cm³/mol. The van der Waals surface area contributed by atoms with E-state index in [4.69, 9.17) is 5.73 Å². The van der Waals surface area contributed by atoms with Crippen molar-refractivity contribution in [3.63, 3.8) is 0 Å². The summed E-state index contributed by atoms with van der Waals surface area (Å²) in [6.45, 7) is 6.92. The molecular formula is C12H23N3O2S. The van der Waals surface area contributed by atoms with E-state index in [0.717, 1.165) is 17.8 Å². The summed E-state index contributed by atoms with van der Waals surface area (Å²) in [5, 5.41) is 4.44. The number of rotatable bonds is 7. The lowest BCUT2D eigenvalue weighted by molar-refractivity contribution is 0.564. The molecule has 0 saturated heterocycles. The van der Waals surface area contributed by atoms with Gasteiger partial charge >= 0.3 is 0 Å². The van der Waals surface area contributed by atoms with Gasteiger partial charge in [-0.25, -0.2) is 8.42 Å². The Morgan fingerprint density at radius 3 is 2.56 bits per heavy atom. The number of sulfone groups is 1. The van der Waals surface area contributed by atoms with Crippen molar-refractivity contribution in [3.05, 3.63) is 17.0 Å². The van der Waals surface area contributed by atoms with Gasteiger partial charge in [0.1, 0.15) is 9.84 Å². The molecule has 2 N–H and O–H groups in total. The van der Waals surface area contributed by atoms with Gasteiger partial charge in [-0.15, -0.1) is 0 Å². The molecule has 1 heterocycles. The van der Waals surface area contributed by atoms with Gasteiger partial charge in [0.25, 0.3) is 0 Å². The average Bonchev–Trinajstić information content (AvgIpc) is 2.57. The molecule has 1 aromatic heterocycles. The summed E-state index contributed by atoms with van der Waals surface area (Å²) in [6, 6.07) is 0. The van der Waals surface area contributed by atoms with E-state index in [-0.39, 0.29) is 11.5 Å². The van der Waals surface area contributed by atoms with Crippen LogP contribution < -0.4 is 5.73 Å². The number of hydrogen-bond donors (Lipinski definition) is 1. The smallest absolute Gasteiger partial charge is 0.150 e. The minimum Gasteiger partial charge on any atom is -0.330 e. The molecule has 0 spiro atoms. The van der Waals surface area contributed by atoms with Gasteiger partial charge in [-0.1, -0.05) is 6.92 Å². The summed E-state index contributed by atoms with van der Waals surface area (Å²) >= 11 is 0. The van der Waals surface area contributed by atoms with Crippen molar-refractivity contribution in [1.29, 1.82) is 0 Å². The molecule has 5 nitrogen and oxygen atoms in total. The molecule has 18 heavy (non-hydrogen) atoms. The lowest BCUT2D eigenvalue weighted by Crippen LogP contribution is -2.12. The first-order valence-corrected chi connectivity index (χ1v) is 8.16. The number of nitrogens with two attached hydrogens (primary N) is 1. The molecule has 0 aromatic carbocycles. The Morgan fingerprint density at radius 2 is 2.00 bits per heavy atom. The zero-order valence-electron chi connectivity index (χ0n) is 11.4. The number of aromatic nitrogens is 2. The lowest BCUT2D eigenvalue weighted by Gasteiger charge is -2.05. The molecule has 0 saturated carbocycles. The number of aryl methyl sites for hydroxylation is 2. The second-order valence-corrected chi connectivity index (χ2v) is 6.97. The predicted octanol–water partition coefficient (Wildman–Crippen LogP) is 0.826. The Kier molecular flexibility index (Phi) is 5.34. The van der Waals surface area contributed by atoms with Crippen LogP contribution in [0.5, 0.6) is 0 Å². The normalized spacial score (nSPS) is 12.0. The molecule has 0 aliphatic rings. The molecule has 6 heteroatoms. The van der Waals surface area contributed by atoms with Crippen molar-refractivity contribution in [2.45, 2.75) is 40.2 Å². The molecule has 0 atom stereocenters. The van der Waals surface area contributed by atoms with Crippen LogP contribution >= 0.6 is 0 Å². The Hall–Kier alpha value is -0.880. The van der Waals surface area contributed by atoms with Gasteiger partial charge < -0.3 is 5.73 Å². The first-order chi connectivity index (χ1) is 8.41. The van der Waals surface area contributed by atoms with Crippen LogP contribution in [0.2, 0.25) is 0 Å². The SMILES string of the molecule is CCS(=O)(=O)CCCn1nc(C)c(CCN)c1C. The molecular weight excluding hydrogens is 250 g/mol. The van der Waals surface area contributed by atoms with Crippen molar-refractivity contribution in [1.82, 2.24) is 9.78 Å². The first-order valence-electron chi connectivity index (χ1n) is 6.34. The molecule has 0 aliphatic carbocycles. The zero-order chi connectivity index (χ0) is 13.8. The zero-order valence-corrected chi connectivity index (χ0v) is 12.3. The third kappa shape index (κ3) is 3.81. The van der Waals surface area contributed by atoms with Gasteiger partial charge in [0, 0.05) is 18.0 Å². The van der Waals surface area contributed by atoms with Gasteiger partial charge in [0.15, 0.2) is 0 Å². The van der Waals surface area contributed by atoms with Crippen LogP contribution in [0, 0.1) is 13.8 Å². The third-order valence-electron chi connectivity index (χ3n) is 3.19. The Morgan fingerprint density at radius 1 is 1.33 bits per heavy atom. The first kappa shape index (κ1) is 15.2. The molecule has 0 unspecified atom stereocenters. The van der Waals surface area contributed by atoms with E-state index in [1.165, 1.54) is 5.56 Å². The van der Waals surface area contributed by atoms with E-state index in [2.05, 4.69) is 5.10 Å². The Balaban J connectivity index is 2.66. The van der Waals surface area contributed by atoms with Crippen molar-refractivity contribution in [2.75, 3.05) is 18.1 Å². The maximum atomic E-state index is 11.4. The summed E-state index contributed by atoms with van der Waals surface area (Å²) < 4.78 is 24.7. The number of hydrogen-bond acceptors (Lipinski definition) is 4. The van der Waals surface area contributed by atoms with Crippen LogP contribution in [0.3, 0.4) is 0 Å². The highest BCUT2D eigenvalue weighted by Gasteiger charge is 2.12. The van der Waals surface area contributed by atoms with E-state index < -0.39 is 9.84 Å². The summed E-state index contributed by atoms with van der Waals surface area (Å²) in [5.74, 6) is 0.441. The maximum absolute atomic E-state index is 11.4. The van der Waals surface area contributed by atoms with E-state index in [9.17, 15) is 8.42 Å². The topological polar surface area (TPSA) is 78.0 Å². The molecule has 1 rings (SSSR count). The molecule has 104 valence electrons. The van der Waals surface area contributed by atoms with Crippen LogP contribution in [-0.2, 0) is 22.8 Å². The summed E-state index contributed by atoms with van der Waals surface area (Å²) in [7, 11) is -2.88. The highest BCUT2D eigenvalue weighted by molar-refractivity contribution is 7.91. The molecule has 0 radical (unpaired) electrons. The van der Waals surface area contributed by atoms with Crippen molar-refractivity contribution in [3.8, 4) is 0 Å². The van der Waals surface area contributed by atoms with Gasteiger partial charge in [0.2, 0.25) is 0 Å². The second-order valence-electron chi connectivity index (χ2n) is 4.50. The fourth-order valence-electron chi connectivity index (χ4n) is 2.04. The fraction of sp³-hybridized carbons (Fsp3) is 0.750. The average molecular weight is 273 g/mol. The van der Waals surface area contributed by atoms with Crippen LogP contribution in [0.4, 0.5) is 0 Å². The largest absolute Gasteiger partial charge is 0.330 e. The van der Waals surface area contributed by atoms with E-state index >= 15 is 0 Å². The van der Waals surface area contributed by atoms with Gasteiger partial charge in [-0.05, 0) is 38.8 Å². The molecule has 0 bridgehead atoms. The monoisotopic (exact) mass is 273 g/mol. The van der Waals surface area contributed by atoms with E-state index in [1.807, 2.05) is 18.5 Å². The van der Waals surface area contributed by atoms with Gasteiger partial charge in [0.05, 0.1) is 11.4 Å². The Labute approximate surface area is 109 Å². The second kappa shape index (κ2) is 6.33. The summed E-state index contributed by atoms with van der Waals surface area (Å²) in [6.07, 6.45) is 1.44. The van der Waals surface area contributed by atoms with Crippen molar-refractivity contribution >= 4 is 9.84 Å². The van der Waals surface area contributed by atoms with Crippen LogP contribution in [0.1, 0.15) is 30.3 Å². The van der Waals surface area contributed by atoms with Crippen LogP contribution in [0.25, 0.3) is 0 Å². The minimum atomic E-state index is -2.88. The van der Waals surface area contributed by atoms with Crippen LogP contribution in [0.15, 0.2) is 0 Å². The fourth-order valence-corrected chi connectivity index (χ4v) is 2.89. The quantitative estimate of drug-likeness (QED) is 0.798. The van der Waals surface area contributed by atoms with Gasteiger partial charge in [-0.2, -0.15) is 5.10 Å². The molecule has 0 aliphatic heterocycles. The minimum absolute atomic E-state index is 0.211. The molecule has 0 fully saturated rings. The third-order valence-corrected chi connectivity index (χ3v) is 4.98. The maximum Gasteiger partial charge on any atom is 0.150 e. The van der Waals surface area contributed by atoms with E-state index in [0.29, 0.717) is 19.5 Å². The molecule has 0 amide bonds. The Bertz CT molecular complexity index is 492. The van der Waals surface area contributed by atoms with Crippen molar-refractivity contribution < 1.29 is 8.42 Å². The number of nitrogens with zero attached hydrogens (tertiary/aromatic N) is 2. The highest BCUT2D eigenvalue weighted by Crippen LogP contribution is 2.13. The summed E-state index contributed by atoms with van der Waals surface area (Å²) in [4.78, 5) is 0. The van der Waals surface area contributed by atoms with Crippen molar-refractivity contribution in [2.24, 2.45) is 5.73 Å². The van der Waals surface area contributed by atoms with E-state index in [1.54, 1.807) is 6.92 Å². The van der Waals surface area contributed by atoms with Gasteiger partial charge in [-0.3, -0.25) is 4.68 Å². The summed E-state index contributed by atoms with van der Waals surface area (Å²) in [5.41, 5.74) is 8.86. The highest BCUT2D eigenvalue weighted by atomic mass is 32.2. The van der Waals surface area contributed by atoms with Crippen LogP contribution in [-0.4, -0.2) is 36.2 Å². The molecule has 1 aromatic rings.